The van der Waals surface area contributed by atoms with E-state index in [0.717, 1.165) is 26.2 Å². The van der Waals surface area contributed by atoms with Crippen molar-refractivity contribution in [2.45, 2.75) is 13.5 Å². The molecule has 0 unspecified atom stereocenters. The van der Waals surface area contributed by atoms with E-state index in [1.54, 1.807) is 10.9 Å². The summed E-state index contributed by atoms with van der Waals surface area (Å²) in [6.45, 7) is 2.17. The van der Waals surface area contributed by atoms with E-state index < -0.39 is 0 Å². The van der Waals surface area contributed by atoms with Crippen LogP contribution in [0, 0.1) is 6.92 Å². The molecule has 0 saturated heterocycles. The average molecular weight is 402 g/mol. The second kappa shape index (κ2) is 5.99. The molecule has 0 aliphatic carbocycles. The van der Waals surface area contributed by atoms with Gasteiger partial charge >= 0.3 is 0 Å². The third-order valence-electron chi connectivity index (χ3n) is 3.73. The minimum Gasteiger partial charge on any atom is -0.361 e. The molecule has 24 heavy (non-hydrogen) atoms. The molecule has 0 atom stereocenters. The van der Waals surface area contributed by atoms with Crippen molar-refractivity contribution in [3.05, 3.63) is 68.3 Å². The van der Waals surface area contributed by atoms with Crippen LogP contribution < -0.4 is 5.56 Å². The molecule has 7 heteroatoms. The van der Waals surface area contributed by atoms with E-state index in [9.17, 15) is 4.79 Å². The highest BCUT2D eigenvalue weighted by atomic mass is 79.9. The fraction of sp³-hybridized carbons (Fsp3) is 0.118. The van der Waals surface area contributed by atoms with Crippen molar-refractivity contribution >= 4 is 37.5 Å². The Morgan fingerprint density at radius 1 is 1.29 bits per heavy atom. The van der Waals surface area contributed by atoms with Crippen molar-refractivity contribution in [3.8, 4) is 11.1 Å². The van der Waals surface area contributed by atoms with Gasteiger partial charge < -0.3 is 4.52 Å². The zero-order chi connectivity index (χ0) is 16.7. The standard InChI is InChI=1S/C17H12BrN3O2S/c1-10-6-13(20-23-10)7-21-9-19-16-15(17(21)22)14(8-24-16)11-2-4-12(18)5-3-11/h2-6,8-9H,7H2,1H3. The van der Waals surface area contributed by atoms with E-state index in [2.05, 4.69) is 26.1 Å². The second-order valence-electron chi connectivity index (χ2n) is 5.44. The maximum absolute atomic E-state index is 12.9. The molecule has 4 aromatic rings. The number of hydrogen-bond acceptors (Lipinski definition) is 5. The number of aryl methyl sites for hydroxylation is 1. The summed E-state index contributed by atoms with van der Waals surface area (Å²) in [5.41, 5.74) is 2.54. The van der Waals surface area contributed by atoms with Crippen LogP contribution in [0.2, 0.25) is 0 Å². The first-order valence-electron chi connectivity index (χ1n) is 7.26. The molecule has 5 nitrogen and oxygen atoms in total. The predicted octanol–water partition coefficient (Wildman–Crippen LogP) is 4.23. The van der Waals surface area contributed by atoms with Gasteiger partial charge in [-0.15, -0.1) is 11.3 Å². The van der Waals surface area contributed by atoms with E-state index >= 15 is 0 Å². The van der Waals surface area contributed by atoms with Crippen LogP contribution in [0.3, 0.4) is 0 Å². The van der Waals surface area contributed by atoms with Crippen LogP contribution in [-0.4, -0.2) is 14.7 Å². The quantitative estimate of drug-likeness (QED) is 0.515. The first kappa shape index (κ1) is 15.3. The lowest BCUT2D eigenvalue weighted by atomic mass is 10.1. The zero-order valence-corrected chi connectivity index (χ0v) is 15.1. The smallest absolute Gasteiger partial charge is 0.263 e. The number of nitrogens with zero attached hydrogens (tertiary/aromatic N) is 3. The van der Waals surface area contributed by atoms with E-state index in [-0.39, 0.29) is 5.56 Å². The number of hydrogen-bond donors (Lipinski definition) is 0. The molecule has 0 bridgehead atoms. The highest BCUT2D eigenvalue weighted by Gasteiger charge is 2.14. The van der Waals surface area contributed by atoms with Gasteiger partial charge in [-0.1, -0.05) is 33.2 Å². The van der Waals surface area contributed by atoms with Crippen molar-refractivity contribution in [2.75, 3.05) is 0 Å². The summed E-state index contributed by atoms with van der Waals surface area (Å²) in [5, 5.41) is 6.57. The van der Waals surface area contributed by atoms with Gasteiger partial charge in [0.05, 0.1) is 18.3 Å². The van der Waals surface area contributed by atoms with Crippen molar-refractivity contribution in [1.29, 1.82) is 0 Å². The molecule has 0 saturated carbocycles. The van der Waals surface area contributed by atoms with Gasteiger partial charge in [0.2, 0.25) is 0 Å². The lowest BCUT2D eigenvalue weighted by Crippen LogP contribution is -2.21. The molecule has 0 amide bonds. The van der Waals surface area contributed by atoms with Gasteiger partial charge in [0, 0.05) is 21.5 Å². The van der Waals surface area contributed by atoms with Gasteiger partial charge in [-0.25, -0.2) is 4.98 Å². The Morgan fingerprint density at radius 2 is 2.08 bits per heavy atom. The van der Waals surface area contributed by atoms with Crippen LogP contribution in [0.25, 0.3) is 21.3 Å². The van der Waals surface area contributed by atoms with Crippen LogP contribution in [0.5, 0.6) is 0 Å². The van der Waals surface area contributed by atoms with Gasteiger partial charge in [-0.05, 0) is 24.6 Å². The molecule has 0 aliphatic rings. The summed E-state index contributed by atoms with van der Waals surface area (Å²) in [4.78, 5) is 18.1. The number of fused-ring (bicyclic) bond motifs is 1. The third kappa shape index (κ3) is 2.70. The summed E-state index contributed by atoms with van der Waals surface area (Å²) in [6, 6.07) is 9.73. The highest BCUT2D eigenvalue weighted by Crippen LogP contribution is 2.31. The van der Waals surface area contributed by atoms with E-state index in [1.165, 1.54) is 11.3 Å². The van der Waals surface area contributed by atoms with Gasteiger partial charge in [0.25, 0.3) is 5.56 Å². The van der Waals surface area contributed by atoms with Crippen molar-refractivity contribution in [3.63, 3.8) is 0 Å². The first-order valence-corrected chi connectivity index (χ1v) is 8.94. The Morgan fingerprint density at radius 3 is 2.79 bits per heavy atom. The average Bonchev–Trinajstić information content (AvgIpc) is 3.18. The normalized spacial score (nSPS) is 11.2. The molecular formula is C17H12BrN3O2S. The number of aromatic nitrogens is 3. The van der Waals surface area contributed by atoms with Crippen molar-refractivity contribution in [1.82, 2.24) is 14.7 Å². The lowest BCUT2D eigenvalue weighted by molar-refractivity contribution is 0.388. The van der Waals surface area contributed by atoms with E-state index in [0.29, 0.717) is 17.6 Å². The van der Waals surface area contributed by atoms with Crippen molar-refractivity contribution < 1.29 is 4.52 Å². The SMILES string of the molecule is Cc1cc(Cn2cnc3scc(-c4ccc(Br)cc4)c3c2=O)no1. The number of halogens is 1. The van der Waals surface area contributed by atoms with E-state index in [4.69, 9.17) is 4.52 Å². The summed E-state index contributed by atoms with van der Waals surface area (Å²) < 4.78 is 7.63. The summed E-state index contributed by atoms with van der Waals surface area (Å²) in [6.07, 6.45) is 1.57. The first-order chi connectivity index (χ1) is 11.6. The predicted molar refractivity (Wildman–Crippen MR) is 97.4 cm³/mol. The molecule has 0 spiro atoms. The Balaban J connectivity index is 1.84. The monoisotopic (exact) mass is 401 g/mol. The largest absolute Gasteiger partial charge is 0.361 e. The second-order valence-corrected chi connectivity index (χ2v) is 7.22. The Hall–Kier alpha value is -2.25. The van der Waals surface area contributed by atoms with Gasteiger partial charge in [0.15, 0.2) is 0 Å². The molecule has 3 heterocycles. The molecule has 4 rings (SSSR count). The molecule has 0 N–H and O–H groups in total. The number of thiophene rings is 1. The minimum absolute atomic E-state index is 0.0696. The maximum atomic E-state index is 12.9. The molecule has 120 valence electrons. The summed E-state index contributed by atoms with van der Waals surface area (Å²) in [7, 11) is 0. The molecule has 0 radical (unpaired) electrons. The molecule has 0 fully saturated rings. The molecule has 0 aliphatic heterocycles. The van der Waals surface area contributed by atoms with Crippen LogP contribution in [0.4, 0.5) is 0 Å². The summed E-state index contributed by atoms with van der Waals surface area (Å²) in [5.74, 6) is 0.721. The fourth-order valence-electron chi connectivity index (χ4n) is 2.59. The Bertz CT molecular complexity index is 1080. The van der Waals surface area contributed by atoms with Crippen molar-refractivity contribution in [2.24, 2.45) is 0 Å². The minimum atomic E-state index is -0.0696. The van der Waals surface area contributed by atoms with Gasteiger partial charge in [-0.3, -0.25) is 9.36 Å². The van der Waals surface area contributed by atoms with Crippen LogP contribution in [0.1, 0.15) is 11.5 Å². The Kier molecular flexibility index (Phi) is 3.82. The number of benzene rings is 1. The highest BCUT2D eigenvalue weighted by molar-refractivity contribution is 9.10. The fourth-order valence-corrected chi connectivity index (χ4v) is 3.76. The topological polar surface area (TPSA) is 60.9 Å². The lowest BCUT2D eigenvalue weighted by Gasteiger charge is -2.04. The van der Waals surface area contributed by atoms with Gasteiger partial charge in [0.1, 0.15) is 16.3 Å². The zero-order valence-electron chi connectivity index (χ0n) is 12.7. The Labute approximate surface area is 149 Å². The maximum Gasteiger partial charge on any atom is 0.263 e. The van der Waals surface area contributed by atoms with Crippen LogP contribution in [0.15, 0.2) is 55.8 Å². The summed E-state index contributed by atoms with van der Waals surface area (Å²) >= 11 is 4.91. The molecular weight excluding hydrogens is 390 g/mol. The van der Waals surface area contributed by atoms with Gasteiger partial charge in [-0.2, -0.15) is 0 Å². The molecule has 1 aromatic carbocycles. The van der Waals surface area contributed by atoms with Crippen LogP contribution >= 0.6 is 27.3 Å². The number of rotatable bonds is 3. The van der Waals surface area contributed by atoms with Crippen LogP contribution in [-0.2, 0) is 6.54 Å². The molecule has 3 aromatic heterocycles. The van der Waals surface area contributed by atoms with E-state index in [1.807, 2.05) is 42.6 Å². The third-order valence-corrected chi connectivity index (χ3v) is 5.14.